The first-order valence-electron chi connectivity index (χ1n) is 6.63. The number of rotatable bonds is 9. The summed E-state index contributed by atoms with van der Waals surface area (Å²) in [6.07, 6.45) is 4.38. The lowest BCUT2D eigenvalue weighted by Gasteiger charge is -2.17. The molecular formula is C14H26O4. The van der Waals surface area contributed by atoms with Crippen molar-refractivity contribution in [2.45, 2.75) is 59.3 Å². The number of ether oxygens (including phenoxy) is 1. The zero-order chi connectivity index (χ0) is 14.0. The predicted octanol–water partition coefficient (Wildman–Crippen LogP) is 2.48. The van der Waals surface area contributed by atoms with Gasteiger partial charge in [0.25, 0.3) is 0 Å². The summed E-state index contributed by atoms with van der Waals surface area (Å²) in [4.78, 5) is 22.0. The summed E-state index contributed by atoms with van der Waals surface area (Å²) in [6.45, 7) is 6.57. The number of hydrogen-bond acceptors (Lipinski definition) is 4. The Morgan fingerprint density at radius 2 is 1.72 bits per heavy atom. The van der Waals surface area contributed by atoms with Crippen molar-refractivity contribution in [3.8, 4) is 0 Å². The molecule has 0 saturated carbocycles. The number of Topliss-reactive ketones (excluding diaryl/α,β-unsaturated/α-hetero) is 1. The van der Waals surface area contributed by atoms with Crippen LogP contribution < -0.4 is 0 Å². The summed E-state index contributed by atoms with van der Waals surface area (Å²) < 4.78 is 5.00. The fraction of sp³-hybridized carbons (Fsp3) is 0.857. The van der Waals surface area contributed by atoms with Gasteiger partial charge in [0.2, 0.25) is 0 Å². The van der Waals surface area contributed by atoms with E-state index in [1.54, 1.807) is 0 Å². The predicted molar refractivity (Wildman–Crippen MR) is 70.2 cm³/mol. The van der Waals surface area contributed by atoms with Crippen LogP contribution in [0.2, 0.25) is 0 Å². The number of carbonyl (C=O) groups excluding carboxylic acids is 2. The number of aliphatic hydroxyl groups excluding tert-OH is 1. The molecule has 0 aromatic heterocycles. The number of ketones is 1. The Balaban J connectivity index is 3.38. The van der Waals surface area contributed by atoms with E-state index in [2.05, 4.69) is 20.8 Å². The number of hydrogen-bond donors (Lipinski definition) is 1. The quantitative estimate of drug-likeness (QED) is 0.510. The molecule has 0 bridgehead atoms. The van der Waals surface area contributed by atoms with Gasteiger partial charge in [-0.1, -0.05) is 33.6 Å². The van der Waals surface area contributed by atoms with Crippen LogP contribution in [0.1, 0.15) is 59.3 Å². The lowest BCUT2D eigenvalue weighted by atomic mass is 9.89. The molecule has 1 N–H and O–H groups in total. The van der Waals surface area contributed by atoms with Gasteiger partial charge in [0.15, 0.2) is 5.78 Å². The van der Waals surface area contributed by atoms with Gasteiger partial charge in [-0.25, -0.2) is 0 Å². The highest BCUT2D eigenvalue weighted by Crippen LogP contribution is 2.21. The van der Waals surface area contributed by atoms with Crippen LogP contribution in [0.15, 0.2) is 0 Å². The van der Waals surface area contributed by atoms with Crippen molar-refractivity contribution in [3.63, 3.8) is 0 Å². The molecule has 0 unspecified atom stereocenters. The van der Waals surface area contributed by atoms with E-state index in [4.69, 9.17) is 9.84 Å². The van der Waals surface area contributed by atoms with E-state index in [1.807, 2.05) is 0 Å². The molecule has 0 amide bonds. The van der Waals surface area contributed by atoms with Crippen molar-refractivity contribution >= 4 is 11.8 Å². The van der Waals surface area contributed by atoms with Crippen molar-refractivity contribution in [1.29, 1.82) is 0 Å². The molecule has 18 heavy (non-hydrogen) atoms. The third-order valence-corrected chi connectivity index (χ3v) is 2.62. The molecule has 0 rings (SSSR count). The number of esters is 1. The minimum atomic E-state index is -0.500. The Hall–Kier alpha value is -0.900. The molecule has 106 valence electrons. The van der Waals surface area contributed by atoms with E-state index >= 15 is 0 Å². The number of unbranched alkanes of at least 4 members (excludes halogenated alkanes) is 2. The summed E-state index contributed by atoms with van der Waals surface area (Å²) in [5.74, 6) is -0.676. The van der Waals surface area contributed by atoms with Gasteiger partial charge in [-0.15, -0.1) is 0 Å². The van der Waals surface area contributed by atoms with Gasteiger partial charge in [0, 0.05) is 6.42 Å². The van der Waals surface area contributed by atoms with E-state index < -0.39 is 6.61 Å². The van der Waals surface area contributed by atoms with Crippen molar-refractivity contribution in [2.75, 3.05) is 13.2 Å². The zero-order valence-corrected chi connectivity index (χ0v) is 11.8. The molecule has 0 aliphatic rings. The van der Waals surface area contributed by atoms with Crippen LogP contribution in [0.3, 0.4) is 0 Å². The van der Waals surface area contributed by atoms with Crippen LogP contribution >= 0.6 is 0 Å². The monoisotopic (exact) mass is 258 g/mol. The van der Waals surface area contributed by atoms with Gasteiger partial charge in [-0.05, 0) is 18.3 Å². The summed E-state index contributed by atoms with van der Waals surface area (Å²) >= 11 is 0. The molecule has 0 aromatic carbocycles. The molecule has 0 fully saturated rings. The van der Waals surface area contributed by atoms with E-state index in [0.29, 0.717) is 12.0 Å². The fourth-order valence-electron chi connectivity index (χ4n) is 1.51. The summed E-state index contributed by atoms with van der Waals surface area (Å²) in [5, 5.41) is 8.48. The molecule has 0 radical (unpaired) electrons. The minimum Gasteiger partial charge on any atom is -0.466 e. The first kappa shape index (κ1) is 17.1. The molecule has 0 atom stereocenters. The van der Waals surface area contributed by atoms with E-state index in [0.717, 1.165) is 19.3 Å². The molecule has 0 spiro atoms. The van der Waals surface area contributed by atoms with E-state index in [-0.39, 0.29) is 24.6 Å². The maximum Gasteiger partial charge on any atom is 0.306 e. The van der Waals surface area contributed by atoms with Crippen LogP contribution in [0.25, 0.3) is 0 Å². The van der Waals surface area contributed by atoms with Crippen LogP contribution in [0.5, 0.6) is 0 Å². The fourth-order valence-corrected chi connectivity index (χ4v) is 1.51. The summed E-state index contributed by atoms with van der Waals surface area (Å²) in [5.41, 5.74) is 0.362. The molecule has 0 heterocycles. The Bertz CT molecular complexity index is 253. The first-order chi connectivity index (χ1) is 8.35. The molecule has 0 aromatic rings. The second-order valence-electron chi connectivity index (χ2n) is 5.79. The minimum absolute atomic E-state index is 0.0688. The molecule has 4 nitrogen and oxygen atoms in total. The maximum atomic E-state index is 11.2. The topological polar surface area (TPSA) is 63.6 Å². The SMILES string of the molecule is CC(C)(C)CCCCCOC(=O)CCC(=O)CO. The molecular weight excluding hydrogens is 232 g/mol. The Kier molecular flexibility index (Phi) is 8.63. The standard InChI is InChI=1S/C14H26O4/c1-14(2,3)9-5-4-6-10-18-13(17)8-7-12(16)11-15/h15H,4-11H2,1-3H3. The third-order valence-electron chi connectivity index (χ3n) is 2.62. The molecule has 0 saturated heterocycles. The summed E-state index contributed by atoms with van der Waals surface area (Å²) in [7, 11) is 0. The van der Waals surface area contributed by atoms with Crippen LogP contribution in [0, 0.1) is 5.41 Å². The highest BCUT2D eigenvalue weighted by Gasteiger charge is 2.09. The van der Waals surface area contributed by atoms with Crippen LogP contribution in [-0.4, -0.2) is 30.1 Å². The smallest absolute Gasteiger partial charge is 0.306 e. The van der Waals surface area contributed by atoms with E-state index in [1.165, 1.54) is 6.42 Å². The van der Waals surface area contributed by atoms with Gasteiger partial charge in [0.05, 0.1) is 13.0 Å². The Labute approximate surface area is 110 Å². The largest absolute Gasteiger partial charge is 0.466 e. The lowest BCUT2D eigenvalue weighted by molar-refractivity contribution is -0.145. The lowest BCUT2D eigenvalue weighted by Crippen LogP contribution is -2.11. The maximum absolute atomic E-state index is 11.2. The first-order valence-corrected chi connectivity index (χ1v) is 6.63. The van der Waals surface area contributed by atoms with Gasteiger partial charge >= 0.3 is 5.97 Å². The number of carbonyl (C=O) groups is 2. The van der Waals surface area contributed by atoms with Gasteiger partial charge < -0.3 is 9.84 Å². The highest BCUT2D eigenvalue weighted by molar-refractivity contribution is 5.83. The highest BCUT2D eigenvalue weighted by atomic mass is 16.5. The molecule has 4 heteroatoms. The Morgan fingerprint density at radius 3 is 2.28 bits per heavy atom. The van der Waals surface area contributed by atoms with E-state index in [9.17, 15) is 9.59 Å². The summed E-state index contributed by atoms with van der Waals surface area (Å²) in [6, 6.07) is 0. The Morgan fingerprint density at radius 1 is 1.06 bits per heavy atom. The average Bonchev–Trinajstić information content (AvgIpc) is 2.29. The van der Waals surface area contributed by atoms with Crippen LogP contribution in [0.4, 0.5) is 0 Å². The molecule has 0 aliphatic heterocycles. The van der Waals surface area contributed by atoms with Crippen molar-refractivity contribution < 1.29 is 19.4 Å². The van der Waals surface area contributed by atoms with Crippen molar-refractivity contribution in [3.05, 3.63) is 0 Å². The van der Waals surface area contributed by atoms with Gasteiger partial charge in [-0.3, -0.25) is 9.59 Å². The zero-order valence-electron chi connectivity index (χ0n) is 11.8. The van der Waals surface area contributed by atoms with Crippen LogP contribution in [-0.2, 0) is 14.3 Å². The van der Waals surface area contributed by atoms with Crippen molar-refractivity contribution in [1.82, 2.24) is 0 Å². The second kappa shape index (κ2) is 9.09. The molecule has 0 aliphatic carbocycles. The third kappa shape index (κ3) is 11.6. The second-order valence-corrected chi connectivity index (χ2v) is 5.79. The average molecular weight is 258 g/mol. The van der Waals surface area contributed by atoms with Gasteiger partial charge in [-0.2, -0.15) is 0 Å². The van der Waals surface area contributed by atoms with Gasteiger partial charge in [0.1, 0.15) is 6.61 Å². The normalized spacial score (nSPS) is 11.3. The van der Waals surface area contributed by atoms with Crippen molar-refractivity contribution in [2.24, 2.45) is 5.41 Å². The number of aliphatic hydroxyl groups is 1.